The van der Waals surface area contributed by atoms with E-state index in [2.05, 4.69) is 5.32 Å². The van der Waals surface area contributed by atoms with Crippen LogP contribution in [-0.4, -0.2) is 19.1 Å². The summed E-state index contributed by atoms with van der Waals surface area (Å²) in [5.74, 6) is 0.0342. The average molecular weight is 287 g/mol. The van der Waals surface area contributed by atoms with Crippen LogP contribution in [0.3, 0.4) is 0 Å². The third kappa shape index (κ3) is 6.05. The van der Waals surface area contributed by atoms with Crippen molar-refractivity contribution in [2.45, 2.75) is 33.0 Å². The topological polar surface area (TPSA) is 64.3 Å². The van der Waals surface area contributed by atoms with Gasteiger partial charge in [-0.1, -0.05) is 38.1 Å². The fourth-order valence-corrected chi connectivity index (χ4v) is 1.61. The maximum Gasteiger partial charge on any atom is 0.237 e. The molecule has 1 aromatic rings. The fourth-order valence-electron chi connectivity index (χ4n) is 1.61. The summed E-state index contributed by atoms with van der Waals surface area (Å²) in [6.45, 7) is 4.94. The van der Waals surface area contributed by atoms with E-state index >= 15 is 0 Å². The first-order valence-corrected chi connectivity index (χ1v) is 6.14. The summed E-state index contributed by atoms with van der Waals surface area (Å²) in [5, 5.41) is 2.84. The van der Waals surface area contributed by atoms with Crippen molar-refractivity contribution in [3.05, 3.63) is 35.4 Å². The Kier molecular flexibility index (Phi) is 8.39. The molecule has 5 heteroatoms. The van der Waals surface area contributed by atoms with Gasteiger partial charge in [-0.3, -0.25) is 4.79 Å². The molecule has 1 rings (SSSR count). The van der Waals surface area contributed by atoms with E-state index in [1.165, 1.54) is 0 Å². The predicted molar refractivity (Wildman–Crippen MR) is 79.1 cm³/mol. The van der Waals surface area contributed by atoms with E-state index in [0.29, 0.717) is 13.2 Å². The zero-order valence-corrected chi connectivity index (χ0v) is 12.5. The SMILES string of the molecule is COCc1cccc(CNC(=O)[C@H](N)C(C)C)c1.Cl. The van der Waals surface area contributed by atoms with Crippen LogP contribution in [0.2, 0.25) is 0 Å². The van der Waals surface area contributed by atoms with Gasteiger partial charge in [-0.25, -0.2) is 0 Å². The van der Waals surface area contributed by atoms with Crippen LogP contribution in [0.1, 0.15) is 25.0 Å². The molecule has 0 bridgehead atoms. The van der Waals surface area contributed by atoms with Gasteiger partial charge in [0.1, 0.15) is 0 Å². The van der Waals surface area contributed by atoms with Crippen LogP contribution < -0.4 is 11.1 Å². The van der Waals surface area contributed by atoms with E-state index in [4.69, 9.17) is 10.5 Å². The highest BCUT2D eigenvalue weighted by atomic mass is 35.5. The maximum absolute atomic E-state index is 11.7. The summed E-state index contributed by atoms with van der Waals surface area (Å²) in [7, 11) is 1.66. The molecule has 108 valence electrons. The molecule has 4 nitrogen and oxygen atoms in total. The van der Waals surface area contributed by atoms with E-state index in [1.807, 2.05) is 38.1 Å². The number of halogens is 1. The number of hydrogen-bond donors (Lipinski definition) is 2. The first-order valence-electron chi connectivity index (χ1n) is 6.14. The molecule has 0 aromatic heterocycles. The molecule has 1 atom stereocenters. The highest BCUT2D eigenvalue weighted by molar-refractivity contribution is 5.85. The van der Waals surface area contributed by atoms with Gasteiger partial charge >= 0.3 is 0 Å². The Morgan fingerprint density at radius 2 is 2.00 bits per heavy atom. The third-order valence-electron chi connectivity index (χ3n) is 2.79. The first-order chi connectivity index (χ1) is 8.54. The molecule has 0 fully saturated rings. The lowest BCUT2D eigenvalue weighted by Crippen LogP contribution is -2.43. The van der Waals surface area contributed by atoms with Crippen LogP contribution in [-0.2, 0) is 22.7 Å². The second-order valence-corrected chi connectivity index (χ2v) is 4.74. The van der Waals surface area contributed by atoms with Crippen LogP contribution in [0.15, 0.2) is 24.3 Å². The lowest BCUT2D eigenvalue weighted by molar-refractivity contribution is -0.123. The molecule has 1 aromatic carbocycles. The summed E-state index contributed by atoms with van der Waals surface area (Å²) in [5.41, 5.74) is 7.91. The molecule has 0 saturated heterocycles. The van der Waals surface area contributed by atoms with Crippen molar-refractivity contribution < 1.29 is 9.53 Å². The molecule has 0 aliphatic heterocycles. The fraction of sp³-hybridized carbons (Fsp3) is 0.500. The summed E-state index contributed by atoms with van der Waals surface area (Å²) in [4.78, 5) is 11.7. The van der Waals surface area contributed by atoms with Crippen LogP contribution in [0.4, 0.5) is 0 Å². The van der Waals surface area contributed by atoms with Gasteiger partial charge in [0.15, 0.2) is 0 Å². The zero-order valence-electron chi connectivity index (χ0n) is 11.7. The molecular formula is C14H23ClN2O2. The van der Waals surface area contributed by atoms with Crippen LogP contribution in [0, 0.1) is 5.92 Å². The van der Waals surface area contributed by atoms with Crippen molar-refractivity contribution in [2.24, 2.45) is 11.7 Å². The van der Waals surface area contributed by atoms with Crippen molar-refractivity contribution in [2.75, 3.05) is 7.11 Å². The number of hydrogen-bond acceptors (Lipinski definition) is 3. The lowest BCUT2D eigenvalue weighted by atomic mass is 10.0. The molecule has 0 aliphatic rings. The van der Waals surface area contributed by atoms with Crippen molar-refractivity contribution in [3.63, 3.8) is 0 Å². The monoisotopic (exact) mass is 286 g/mol. The molecule has 0 saturated carbocycles. The Hall–Kier alpha value is -1.10. The Morgan fingerprint density at radius 1 is 1.37 bits per heavy atom. The van der Waals surface area contributed by atoms with Crippen molar-refractivity contribution >= 4 is 18.3 Å². The molecule has 0 heterocycles. The number of ether oxygens (including phenoxy) is 1. The van der Waals surface area contributed by atoms with E-state index in [9.17, 15) is 4.79 Å². The van der Waals surface area contributed by atoms with Gasteiger partial charge in [0, 0.05) is 13.7 Å². The maximum atomic E-state index is 11.7. The largest absolute Gasteiger partial charge is 0.380 e. The van der Waals surface area contributed by atoms with Gasteiger partial charge in [-0.05, 0) is 17.0 Å². The van der Waals surface area contributed by atoms with Gasteiger partial charge in [0.2, 0.25) is 5.91 Å². The van der Waals surface area contributed by atoms with Crippen LogP contribution >= 0.6 is 12.4 Å². The summed E-state index contributed by atoms with van der Waals surface area (Å²) in [6, 6.07) is 7.49. The van der Waals surface area contributed by atoms with Gasteiger partial charge < -0.3 is 15.8 Å². The molecule has 0 spiro atoms. The number of nitrogens with two attached hydrogens (primary N) is 1. The van der Waals surface area contributed by atoms with E-state index in [-0.39, 0.29) is 24.2 Å². The minimum absolute atomic E-state index is 0. The second-order valence-electron chi connectivity index (χ2n) is 4.74. The molecule has 0 unspecified atom stereocenters. The molecule has 0 radical (unpaired) electrons. The Balaban J connectivity index is 0.00000324. The van der Waals surface area contributed by atoms with Gasteiger partial charge in [-0.15, -0.1) is 12.4 Å². The van der Waals surface area contributed by atoms with Crippen LogP contribution in [0.25, 0.3) is 0 Å². The van der Waals surface area contributed by atoms with Crippen molar-refractivity contribution in [1.29, 1.82) is 0 Å². The Morgan fingerprint density at radius 3 is 2.58 bits per heavy atom. The number of carbonyl (C=O) groups excluding carboxylic acids is 1. The van der Waals surface area contributed by atoms with E-state index in [0.717, 1.165) is 11.1 Å². The number of nitrogens with one attached hydrogen (secondary N) is 1. The summed E-state index contributed by atoms with van der Waals surface area (Å²) < 4.78 is 5.07. The minimum atomic E-state index is -0.452. The van der Waals surface area contributed by atoms with Crippen molar-refractivity contribution in [3.8, 4) is 0 Å². The smallest absolute Gasteiger partial charge is 0.237 e. The van der Waals surface area contributed by atoms with E-state index in [1.54, 1.807) is 7.11 Å². The van der Waals surface area contributed by atoms with Gasteiger partial charge in [-0.2, -0.15) is 0 Å². The Bertz CT molecular complexity index is 397. The van der Waals surface area contributed by atoms with Gasteiger partial charge in [0.25, 0.3) is 0 Å². The van der Waals surface area contributed by atoms with E-state index < -0.39 is 6.04 Å². The molecule has 1 amide bonds. The third-order valence-corrected chi connectivity index (χ3v) is 2.79. The quantitative estimate of drug-likeness (QED) is 0.839. The lowest BCUT2D eigenvalue weighted by Gasteiger charge is -2.15. The van der Waals surface area contributed by atoms with Crippen molar-refractivity contribution in [1.82, 2.24) is 5.32 Å². The number of methoxy groups -OCH3 is 1. The summed E-state index contributed by atoms with van der Waals surface area (Å²) in [6.07, 6.45) is 0. The molecule has 19 heavy (non-hydrogen) atoms. The first kappa shape index (κ1) is 17.9. The molecular weight excluding hydrogens is 264 g/mol. The molecule has 0 aliphatic carbocycles. The predicted octanol–water partition coefficient (Wildman–Crippen LogP) is 1.85. The summed E-state index contributed by atoms with van der Waals surface area (Å²) >= 11 is 0. The number of benzene rings is 1. The zero-order chi connectivity index (χ0) is 13.5. The van der Waals surface area contributed by atoms with Crippen LogP contribution in [0.5, 0.6) is 0 Å². The highest BCUT2D eigenvalue weighted by Crippen LogP contribution is 2.06. The standard InChI is InChI=1S/C14H22N2O2.ClH/c1-10(2)13(15)14(17)16-8-11-5-4-6-12(7-11)9-18-3;/h4-7,10,13H,8-9,15H2,1-3H3,(H,16,17);1H/t13-;/m1./s1. The van der Waals surface area contributed by atoms with Gasteiger partial charge in [0.05, 0.1) is 12.6 Å². The average Bonchev–Trinajstić information content (AvgIpc) is 2.36. The Labute approximate surface area is 121 Å². The number of carbonyl (C=O) groups is 1. The minimum Gasteiger partial charge on any atom is -0.380 e. The number of amides is 1. The highest BCUT2D eigenvalue weighted by Gasteiger charge is 2.16. The second kappa shape index (κ2) is 8.91. The normalized spacial score (nSPS) is 11.8. The number of rotatable bonds is 6. The molecule has 3 N–H and O–H groups in total.